The lowest BCUT2D eigenvalue weighted by Crippen LogP contribution is -2.33. The van der Waals surface area contributed by atoms with Crippen LogP contribution in [-0.2, 0) is 14.3 Å². The summed E-state index contributed by atoms with van der Waals surface area (Å²) >= 11 is 0. The van der Waals surface area contributed by atoms with Crippen molar-refractivity contribution >= 4 is 11.9 Å². The number of esters is 1. The molecule has 0 aromatic heterocycles. The van der Waals surface area contributed by atoms with Crippen molar-refractivity contribution in [2.45, 2.75) is 19.4 Å². The minimum absolute atomic E-state index is 0.0669. The molecule has 0 aliphatic heterocycles. The van der Waals surface area contributed by atoms with Crippen molar-refractivity contribution < 1.29 is 14.3 Å². The molecule has 0 aromatic rings. The highest BCUT2D eigenvalue weighted by atomic mass is 16.5. The van der Waals surface area contributed by atoms with E-state index in [9.17, 15) is 9.59 Å². The second-order valence-electron chi connectivity index (χ2n) is 2.24. The van der Waals surface area contributed by atoms with Crippen molar-refractivity contribution in [3.05, 3.63) is 10.4 Å². The van der Waals surface area contributed by atoms with Gasteiger partial charge >= 0.3 is 5.97 Å². The summed E-state index contributed by atoms with van der Waals surface area (Å²) in [5, 5.41) is 3.18. The van der Waals surface area contributed by atoms with Gasteiger partial charge in [-0.25, -0.2) is 0 Å². The first-order chi connectivity index (χ1) is 6.07. The van der Waals surface area contributed by atoms with Crippen molar-refractivity contribution in [3.8, 4) is 0 Å². The van der Waals surface area contributed by atoms with Gasteiger partial charge in [0.2, 0.25) is 0 Å². The number of nitrogens with two attached hydrogens (primary N) is 1. The molecule has 0 fully saturated rings. The third kappa shape index (κ3) is 5.51. The minimum atomic E-state index is -1.01. The molecule has 0 aromatic carbocycles. The number of nitrogens with zero attached hydrogens (tertiary/aromatic N) is 3. The predicted molar refractivity (Wildman–Crippen MR) is 43.4 cm³/mol. The number of carbonyl (C=O) groups is 2. The Hall–Kier alpha value is -1.75. The van der Waals surface area contributed by atoms with Crippen LogP contribution < -0.4 is 5.73 Å². The summed E-state index contributed by atoms with van der Waals surface area (Å²) < 4.78 is 4.56. The minimum Gasteiger partial charge on any atom is -0.452 e. The first kappa shape index (κ1) is 11.2. The Bertz CT molecular complexity index is 246. The van der Waals surface area contributed by atoms with Gasteiger partial charge in [-0.15, -0.1) is 0 Å². The second-order valence-corrected chi connectivity index (χ2v) is 2.24. The largest absolute Gasteiger partial charge is 0.452 e. The molecular formula is C6H10N4O3. The van der Waals surface area contributed by atoms with E-state index in [0.717, 1.165) is 0 Å². The third-order valence-corrected chi connectivity index (χ3v) is 1.18. The van der Waals surface area contributed by atoms with E-state index < -0.39 is 18.0 Å². The molecule has 0 aliphatic rings. The van der Waals surface area contributed by atoms with Gasteiger partial charge in [0.05, 0.1) is 0 Å². The quantitative estimate of drug-likeness (QED) is 0.284. The molecule has 0 radical (unpaired) electrons. The van der Waals surface area contributed by atoms with Crippen molar-refractivity contribution in [1.29, 1.82) is 0 Å². The zero-order valence-corrected chi connectivity index (χ0v) is 7.14. The standard InChI is InChI=1S/C6H10N4O3/c1-4(11)13-5(6(7)12)2-3-9-10-8/h5H,2-3H2,1H3,(H2,7,12)/t5-/m0/s1. The first-order valence-corrected chi connectivity index (χ1v) is 3.55. The Labute approximate surface area is 74.5 Å². The number of primary amides is 1. The molecule has 0 bridgehead atoms. The summed E-state index contributed by atoms with van der Waals surface area (Å²) in [5.41, 5.74) is 12.9. The molecule has 13 heavy (non-hydrogen) atoms. The van der Waals surface area contributed by atoms with Crippen molar-refractivity contribution in [2.24, 2.45) is 10.8 Å². The fourth-order valence-corrected chi connectivity index (χ4v) is 0.679. The normalized spacial score (nSPS) is 11.2. The SMILES string of the molecule is CC(=O)O[C@@H](CCN=[N+]=[N-])C(N)=O. The van der Waals surface area contributed by atoms with Crippen molar-refractivity contribution in [1.82, 2.24) is 0 Å². The summed E-state index contributed by atoms with van der Waals surface area (Å²) in [6, 6.07) is 0. The molecular weight excluding hydrogens is 176 g/mol. The van der Waals surface area contributed by atoms with Gasteiger partial charge in [0.25, 0.3) is 5.91 Å². The molecule has 0 saturated heterocycles. The maximum absolute atomic E-state index is 10.6. The second kappa shape index (κ2) is 5.84. The average molecular weight is 186 g/mol. The van der Waals surface area contributed by atoms with E-state index in [4.69, 9.17) is 11.3 Å². The highest BCUT2D eigenvalue weighted by Gasteiger charge is 2.17. The van der Waals surface area contributed by atoms with Gasteiger partial charge in [0, 0.05) is 18.4 Å². The van der Waals surface area contributed by atoms with Gasteiger partial charge in [0.15, 0.2) is 6.10 Å². The number of hydrogen-bond donors (Lipinski definition) is 1. The predicted octanol–water partition coefficient (Wildman–Crippen LogP) is 0.104. The topological polar surface area (TPSA) is 118 Å². The van der Waals surface area contributed by atoms with Crippen LogP contribution in [0.5, 0.6) is 0 Å². The van der Waals surface area contributed by atoms with Crippen LogP contribution in [0.1, 0.15) is 13.3 Å². The Morgan fingerprint density at radius 2 is 2.31 bits per heavy atom. The first-order valence-electron chi connectivity index (χ1n) is 3.55. The lowest BCUT2D eigenvalue weighted by Gasteiger charge is -2.11. The molecule has 0 aliphatic carbocycles. The number of hydrogen-bond acceptors (Lipinski definition) is 4. The molecule has 0 heterocycles. The highest BCUT2D eigenvalue weighted by Crippen LogP contribution is 1.98. The summed E-state index contributed by atoms with van der Waals surface area (Å²) in [7, 11) is 0. The van der Waals surface area contributed by atoms with E-state index in [1.54, 1.807) is 0 Å². The Morgan fingerprint density at radius 3 is 2.69 bits per heavy atom. The van der Waals surface area contributed by atoms with Crippen LogP contribution in [0.25, 0.3) is 10.4 Å². The zero-order valence-electron chi connectivity index (χ0n) is 7.14. The monoisotopic (exact) mass is 186 g/mol. The molecule has 0 saturated carbocycles. The average Bonchev–Trinajstić information content (AvgIpc) is 2.02. The van der Waals surface area contributed by atoms with Gasteiger partial charge in [-0.1, -0.05) is 5.11 Å². The third-order valence-electron chi connectivity index (χ3n) is 1.18. The molecule has 1 atom stereocenters. The molecule has 2 N–H and O–H groups in total. The van der Waals surface area contributed by atoms with Gasteiger partial charge in [-0.3, -0.25) is 9.59 Å². The fraction of sp³-hybridized carbons (Fsp3) is 0.667. The molecule has 7 nitrogen and oxygen atoms in total. The smallest absolute Gasteiger partial charge is 0.303 e. The van der Waals surface area contributed by atoms with Crippen LogP contribution in [0.4, 0.5) is 0 Å². The van der Waals surface area contributed by atoms with E-state index >= 15 is 0 Å². The van der Waals surface area contributed by atoms with Crippen LogP contribution in [-0.4, -0.2) is 24.5 Å². The fourth-order valence-electron chi connectivity index (χ4n) is 0.679. The number of amides is 1. The molecule has 72 valence electrons. The Balaban J connectivity index is 4.02. The van der Waals surface area contributed by atoms with E-state index in [-0.39, 0.29) is 13.0 Å². The van der Waals surface area contributed by atoms with E-state index in [1.807, 2.05) is 0 Å². The number of azide groups is 1. The highest BCUT2D eigenvalue weighted by molar-refractivity contribution is 5.81. The molecule has 0 spiro atoms. The summed E-state index contributed by atoms with van der Waals surface area (Å²) in [6.45, 7) is 1.24. The maximum Gasteiger partial charge on any atom is 0.303 e. The Morgan fingerprint density at radius 1 is 1.69 bits per heavy atom. The van der Waals surface area contributed by atoms with Crippen LogP contribution in [0.2, 0.25) is 0 Å². The van der Waals surface area contributed by atoms with Gasteiger partial charge in [-0.2, -0.15) is 0 Å². The lowest BCUT2D eigenvalue weighted by atomic mass is 10.2. The molecule has 0 unspecified atom stereocenters. The number of ether oxygens (including phenoxy) is 1. The van der Waals surface area contributed by atoms with Gasteiger partial charge in [-0.05, 0) is 12.0 Å². The number of carbonyl (C=O) groups excluding carboxylic acids is 2. The van der Waals surface area contributed by atoms with Crippen LogP contribution in [0, 0.1) is 0 Å². The molecule has 0 rings (SSSR count). The van der Waals surface area contributed by atoms with Crippen molar-refractivity contribution in [3.63, 3.8) is 0 Å². The van der Waals surface area contributed by atoms with Gasteiger partial charge in [0.1, 0.15) is 0 Å². The summed E-state index contributed by atoms with van der Waals surface area (Å²) in [4.78, 5) is 23.6. The van der Waals surface area contributed by atoms with E-state index in [2.05, 4.69) is 14.8 Å². The van der Waals surface area contributed by atoms with E-state index in [1.165, 1.54) is 6.92 Å². The summed E-state index contributed by atoms with van der Waals surface area (Å²) in [5.74, 6) is -1.34. The Kier molecular flexibility index (Phi) is 5.06. The van der Waals surface area contributed by atoms with Crippen molar-refractivity contribution in [2.75, 3.05) is 6.54 Å². The summed E-state index contributed by atoms with van der Waals surface area (Å²) in [6.07, 6.45) is -0.901. The molecule has 7 heteroatoms. The lowest BCUT2D eigenvalue weighted by molar-refractivity contribution is -0.152. The van der Waals surface area contributed by atoms with Crippen LogP contribution in [0.15, 0.2) is 5.11 Å². The van der Waals surface area contributed by atoms with E-state index in [0.29, 0.717) is 0 Å². The number of rotatable bonds is 5. The maximum atomic E-state index is 10.6. The van der Waals surface area contributed by atoms with Gasteiger partial charge < -0.3 is 10.5 Å². The molecule has 1 amide bonds. The van der Waals surface area contributed by atoms with Crippen LogP contribution in [0.3, 0.4) is 0 Å². The van der Waals surface area contributed by atoms with Crippen LogP contribution >= 0.6 is 0 Å². The zero-order chi connectivity index (χ0) is 10.3.